The van der Waals surface area contributed by atoms with Gasteiger partial charge in [-0.25, -0.2) is 9.48 Å². The molecule has 16 heteroatoms. The second-order valence-electron chi connectivity index (χ2n) is 11.1. The minimum Gasteiger partial charge on any atom is -0.478 e. The van der Waals surface area contributed by atoms with Gasteiger partial charge in [0.15, 0.2) is 5.82 Å². The molecule has 0 radical (unpaired) electrons. The van der Waals surface area contributed by atoms with Gasteiger partial charge in [-0.05, 0) is 50.1 Å². The number of nitrogens with zero attached hydrogens (tertiary/aromatic N) is 6. The highest BCUT2D eigenvalue weighted by molar-refractivity contribution is 7.85. The predicted octanol–water partition coefficient (Wildman–Crippen LogP) is 6.91. The number of anilines is 2. The number of benzene rings is 2. The van der Waals surface area contributed by atoms with Gasteiger partial charge in [-0.1, -0.05) is 44.0 Å². The van der Waals surface area contributed by atoms with Crippen LogP contribution in [0.25, 0.3) is 5.69 Å². The topological polar surface area (TPSA) is 190 Å². The molecule has 0 fully saturated rings. The van der Waals surface area contributed by atoms with E-state index in [4.69, 9.17) is 27.8 Å². The van der Waals surface area contributed by atoms with Gasteiger partial charge in [-0.2, -0.15) is 18.8 Å². The van der Waals surface area contributed by atoms with Crippen molar-refractivity contribution < 1.29 is 27.7 Å². The smallest absolute Gasteiger partial charge is 0.335 e. The summed E-state index contributed by atoms with van der Waals surface area (Å²) in [5, 5.41) is 35.5. The molecule has 0 aliphatic rings. The molecule has 3 aromatic rings. The fraction of sp³-hybridized carbons (Fsp3) is 0.379. The van der Waals surface area contributed by atoms with E-state index in [1.807, 2.05) is 32.6 Å². The quantitative estimate of drug-likeness (QED) is 0.104. The summed E-state index contributed by atoms with van der Waals surface area (Å²) < 4.78 is 32.3. The summed E-state index contributed by atoms with van der Waals surface area (Å²) in [6, 6.07) is 9.64. The van der Waals surface area contributed by atoms with Gasteiger partial charge in [-0.3, -0.25) is 9.35 Å². The number of aromatic nitrogens is 2. The van der Waals surface area contributed by atoms with Gasteiger partial charge in [-0.15, -0.1) is 10.2 Å². The molecule has 0 unspecified atom stereocenters. The highest BCUT2D eigenvalue weighted by Crippen LogP contribution is 2.39. The summed E-state index contributed by atoms with van der Waals surface area (Å²) in [5.41, 5.74) is 1.12. The molecule has 0 aliphatic heterocycles. The lowest BCUT2D eigenvalue weighted by atomic mass is 9.90. The number of carboxylic acid groups (broad SMARTS) is 1. The lowest BCUT2D eigenvalue weighted by molar-refractivity contribution is -0.114. The largest absolute Gasteiger partial charge is 0.478 e. The standard InChI is InChI=1S/C29H33Cl2N7O6S/c1-6-37(11-7-8-12-45(42,43)44)19-9-10-23(24(15-19)33-17(2)39)34-35-27-20(16-32)26(29(3,4)5)36-38(27)25-21(30)13-18(28(40)41)14-22(25)31/h9-10,13-15H,6-8,11-12H2,1-5H3,(H,33,39)(H,40,41)(H,42,43,44). The molecule has 0 saturated heterocycles. The van der Waals surface area contributed by atoms with Crippen molar-refractivity contribution in [1.29, 1.82) is 5.26 Å². The molecule has 13 nitrogen and oxygen atoms in total. The van der Waals surface area contributed by atoms with Crippen LogP contribution >= 0.6 is 23.2 Å². The number of azo groups is 1. The fourth-order valence-electron chi connectivity index (χ4n) is 4.43. The highest BCUT2D eigenvalue weighted by Gasteiger charge is 2.29. The average molecular weight is 679 g/mol. The Labute approximate surface area is 271 Å². The number of unbranched alkanes of at least 4 members (excludes halogenated alkanes) is 1. The molecule has 240 valence electrons. The SMILES string of the molecule is CCN(CCCCS(=O)(=O)O)c1ccc(N=Nc2c(C#N)c(C(C)(C)C)nn2-c2c(Cl)cc(C(=O)O)cc2Cl)c(NC(C)=O)c1. The Hall–Kier alpha value is -4.03. The fourth-order valence-corrected chi connectivity index (χ4v) is 5.65. The lowest BCUT2D eigenvalue weighted by Gasteiger charge is -2.24. The van der Waals surface area contributed by atoms with Crippen LogP contribution in [0.1, 0.15) is 69.1 Å². The van der Waals surface area contributed by atoms with Crippen molar-refractivity contribution >= 4 is 68.1 Å². The van der Waals surface area contributed by atoms with Gasteiger partial charge in [0.05, 0.1) is 32.7 Å². The molecule has 2 aromatic carbocycles. The van der Waals surface area contributed by atoms with Crippen molar-refractivity contribution in [3.8, 4) is 11.8 Å². The van der Waals surface area contributed by atoms with Gasteiger partial charge in [0.25, 0.3) is 10.1 Å². The number of nitrogens with one attached hydrogen (secondary N) is 1. The summed E-state index contributed by atoms with van der Waals surface area (Å²) in [4.78, 5) is 25.6. The van der Waals surface area contributed by atoms with Gasteiger partial charge < -0.3 is 15.3 Å². The molecule has 0 atom stereocenters. The lowest BCUT2D eigenvalue weighted by Crippen LogP contribution is -2.24. The molecule has 45 heavy (non-hydrogen) atoms. The molecule has 3 N–H and O–H groups in total. The average Bonchev–Trinajstić information content (AvgIpc) is 3.29. The van der Waals surface area contributed by atoms with E-state index in [0.717, 1.165) is 5.69 Å². The summed E-state index contributed by atoms with van der Waals surface area (Å²) in [7, 11) is -4.04. The Morgan fingerprint density at radius 1 is 1.13 bits per heavy atom. The molecule has 0 spiro atoms. The number of carbonyl (C=O) groups excluding carboxylic acids is 1. The summed E-state index contributed by atoms with van der Waals surface area (Å²) in [6.45, 7) is 9.90. The van der Waals surface area contributed by atoms with Gasteiger partial charge in [0.2, 0.25) is 5.91 Å². The van der Waals surface area contributed by atoms with E-state index in [9.17, 15) is 28.4 Å². The van der Waals surface area contributed by atoms with Crippen molar-refractivity contribution in [2.45, 2.75) is 52.9 Å². The van der Waals surface area contributed by atoms with Gasteiger partial charge in [0, 0.05) is 31.1 Å². The predicted molar refractivity (Wildman–Crippen MR) is 172 cm³/mol. The van der Waals surface area contributed by atoms with Crippen molar-refractivity contribution in [3.05, 3.63) is 57.2 Å². The first-order chi connectivity index (χ1) is 21.0. The van der Waals surface area contributed by atoms with Gasteiger partial charge in [0.1, 0.15) is 23.0 Å². The molecule has 0 aliphatic carbocycles. The Kier molecular flexibility index (Phi) is 11.3. The number of carboxylic acids is 1. The number of aromatic carboxylic acids is 1. The van der Waals surface area contributed by atoms with E-state index in [2.05, 4.69) is 26.7 Å². The van der Waals surface area contributed by atoms with Crippen molar-refractivity contribution in [2.75, 3.05) is 29.1 Å². The summed E-state index contributed by atoms with van der Waals surface area (Å²) in [6.07, 6.45) is 0.777. The van der Waals surface area contributed by atoms with Crippen molar-refractivity contribution in [3.63, 3.8) is 0 Å². The third-order valence-electron chi connectivity index (χ3n) is 6.53. The molecule has 1 aromatic heterocycles. The third kappa shape index (κ3) is 9.01. The zero-order valence-corrected chi connectivity index (χ0v) is 27.6. The maximum Gasteiger partial charge on any atom is 0.335 e. The first-order valence-electron chi connectivity index (χ1n) is 13.8. The summed E-state index contributed by atoms with van der Waals surface area (Å²) >= 11 is 12.9. The second-order valence-corrected chi connectivity index (χ2v) is 13.5. The van der Waals surface area contributed by atoms with E-state index in [-0.39, 0.29) is 56.4 Å². The first-order valence-corrected chi connectivity index (χ1v) is 16.1. The number of carbonyl (C=O) groups is 2. The van der Waals surface area contributed by atoms with E-state index >= 15 is 0 Å². The molecule has 0 saturated carbocycles. The molecular weight excluding hydrogens is 645 g/mol. The van der Waals surface area contributed by atoms with E-state index in [0.29, 0.717) is 30.9 Å². The van der Waals surface area contributed by atoms with Crippen LogP contribution in [0.2, 0.25) is 10.0 Å². The van der Waals surface area contributed by atoms with Crippen molar-refractivity contribution in [2.24, 2.45) is 10.2 Å². The van der Waals surface area contributed by atoms with Gasteiger partial charge >= 0.3 is 5.97 Å². The van der Waals surface area contributed by atoms with Crippen LogP contribution in [0.15, 0.2) is 40.6 Å². The van der Waals surface area contributed by atoms with Crippen LogP contribution in [-0.4, -0.2) is 58.6 Å². The van der Waals surface area contributed by atoms with Crippen LogP contribution < -0.4 is 10.2 Å². The maximum atomic E-state index is 12.1. The Morgan fingerprint density at radius 2 is 1.78 bits per heavy atom. The maximum absolute atomic E-state index is 12.1. The Bertz CT molecular complexity index is 1770. The first kappa shape index (κ1) is 35.4. The zero-order valence-electron chi connectivity index (χ0n) is 25.3. The number of hydrogen-bond donors (Lipinski definition) is 3. The zero-order chi connectivity index (χ0) is 33.7. The molecule has 0 bridgehead atoms. The Morgan fingerprint density at radius 3 is 2.29 bits per heavy atom. The monoisotopic (exact) mass is 677 g/mol. The number of amides is 1. The molecule has 3 rings (SSSR count). The Balaban J connectivity index is 2.13. The number of nitriles is 1. The number of hydrogen-bond acceptors (Lipinski definition) is 9. The normalized spacial score (nSPS) is 11.9. The van der Waals surface area contributed by atoms with Crippen LogP contribution in [0, 0.1) is 11.3 Å². The number of rotatable bonds is 12. The third-order valence-corrected chi connectivity index (χ3v) is 7.91. The van der Waals surface area contributed by atoms with Crippen LogP contribution in [0.4, 0.5) is 22.9 Å². The van der Waals surface area contributed by atoms with E-state index < -0.39 is 21.5 Å². The second kappa shape index (κ2) is 14.4. The van der Waals surface area contributed by atoms with E-state index in [1.54, 1.807) is 18.2 Å². The summed E-state index contributed by atoms with van der Waals surface area (Å²) in [5.74, 6) is -1.94. The minimum atomic E-state index is -4.04. The van der Waals surface area contributed by atoms with E-state index in [1.165, 1.54) is 23.7 Å². The molecule has 1 heterocycles. The minimum absolute atomic E-state index is 0.0128. The number of halogens is 2. The van der Waals surface area contributed by atoms with Crippen LogP contribution in [0.3, 0.4) is 0 Å². The van der Waals surface area contributed by atoms with Crippen molar-refractivity contribution in [1.82, 2.24) is 9.78 Å². The molecule has 1 amide bonds. The van der Waals surface area contributed by atoms with Crippen LogP contribution in [-0.2, 0) is 20.3 Å². The van der Waals surface area contributed by atoms with Crippen LogP contribution in [0.5, 0.6) is 0 Å². The highest BCUT2D eigenvalue weighted by atomic mass is 35.5. The molecular formula is C29H33Cl2N7O6S.